The Bertz CT molecular complexity index is 580. The predicted octanol–water partition coefficient (Wildman–Crippen LogP) is 3.84. The molecule has 0 amide bonds. The summed E-state index contributed by atoms with van der Waals surface area (Å²) in [5.41, 5.74) is 1.24. The second-order valence-corrected chi connectivity index (χ2v) is 5.98. The average molecular weight is 317 g/mol. The lowest BCUT2D eigenvalue weighted by Gasteiger charge is -2.20. The van der Waals surface area contributed by atoms with Gasteiger partial charge in [-0.25, -0.2) is 0 Å². The number of ether oxygens (including phenoxy) is 2. The van der Waals surface area contributed by atoms with Gasteiger partial charge in [0.05, 0.1) is 20.5 Å². The first-order valence-electron chi connectivity index (χ1n) is 8.11. The van der Waals surface area contributed by atoms with Gasteiger partial charge in [0, 0.05) is 18.5 Å². The van der Waals surface area contributed by atoms with Crippen molar-refractivity contribution in [2.45, 2.75) is 45.2 Å². The van der Waals surface area contributed by atoms with Crippen LogP contribution in [-0.4, -0.2) is 26.3 Å². The first-order valence-corrected chi connectivity index (χ1v) is 8.11. The summed E-state index contributed by atoms with van der Waals surface area (Å²) in [6.45, 7) is 4.42. The fourth-order valence-corrected chi connectivity index (χ4v) is 2.80. The van der Waals surface area contributed by atoms with Crippen LogP contribution in [0.3, 0.4) is 0 Å². The van der Waals surface area contributed by atoms with Gasteiger partial charge in [-0.15, -0.1) is 0 Å². The molecule has 23 heavy (non-hydrogen) atoms. The molecular weight excluding hydrogens is 290 g/mol. The molecule has 1 heterocycles. The molecule has 2 rings (SSSR count). The quantitative estimate of drug-likeness (QED) is 0.763. The third-order valence-electron chi connectivity index (χ3n) is 3.96. The average Bonchev–Trinajstić information content (AvgIpc) is 3.06. The van der Waals surface area contributed by atoms with Gasteiger partial charge in [0.2, 0.25) is 0 Å². The van der Waals surface area contributed by atoms with Gasteiger partial charge in [-0.1, -0.05) is 6.07 Å². The zero-order valence-corrected chi connectivity index (χ0v) is 14.5. The Kier molecular flexibility index (Phi) is 6.53. The monoisotopic (exact) mass is 317 g/mol. The number of hydrogen-bond acceptors (Lipinski definition) is 4. The van der Waals surface area contributed by atoms with Crippen LogP contribution in [0, 0.1) is 0 Å². The third kappa shape index (κ3) is 5.32. The molecule has 4 heteroatoms. The Morgan fingerprint density at radius 2 is 1.83 bits per heavy atom. The summed E-state index contributed by atoms with van der Waals surface area (Å²) >= 11 is 0. The summed E-state index contributed by atoms with van der Waals surface area (Å²) in [6.07, 6.45) is 4.70. The Balaban J connectivity index is 1.82. The maximum Gasteiger partial charge on any atom is 0.160 e. The molecule has 2 unspecified atom stereocenters. The molecule has 1 N–H and O–H groups in total. The normalized spacial score (nSPS) is 13.6. The van der Waals surface area contributed by atoms with E-state index in [1.165, 1.54) is 5.56 Å². The standard InChI is InChI=1S/C19H27NO3/c1-14(7-9-17-6-5-11-23-17)20-15(2)12-16-8-10-18(21-3)19(13-16)22-4/h5-6,8,10-11,13-15,20H,7,9,12H2,1-4H3. The number of methoxy groups -OCH3 is 2. The summed E-state index contributed by atoms with van der Waals surface area (Å²) in [7, 11) is 3.32. The fraction of sp³-hybridized carbons (Fsp3) is 0.474. The lowest BCUT2D eigenvalue weighted by molar-refractivity contribution is 0.354. The van der Waals surface area contributed by atoms with E-state index >= 15 is 0 Å². The largest absolute Gasteiger partial charge is 0.493 e. The molecule has 0 spiro atoms. The minimum atomic E-state index is 0.389. The van der Waals surface area contributed by atoms with Gasteiger partial charge < -0.3 is 19.2 Å². The van der Waals surface area contributed by atoms with Crippen LogP contribution >= 0.6 is 0 Å². The van der Waals surface area contributed by atoms with Gasteiger partial charge in [0.25, 0.3) is 0 Å². The number of benzene rings is 1. The molecule has 1 aromatic heterocycles. The zero-order chi connectivity index (χ0) is 16.7. The van der Waals surface area contributed by atoms with Crippen LogP contribution in [0.1, 0.15) is 31.6 Å². The minimum Gasteiger partial charge on any atom is -0.493 e. The Morgan fingerprint density at radius 1 is 1.04 bits per heavy atom. The molecule has 0 aliphatic heterocycles. The molecule has 0 saturated heterocycles. The molecule has 0 saturated carbocycles. The molecule has 0 aliphatic rings. The van der Waals surface area contributed by atoms with Gasteiger partial charge in [0.15, 0.2) is 11.5 Å². The van der Waals surface area contributed by atoms with Gasteiger partial charge in [0.1, 0.15) is 5.76 Å². The number of aryl methyl sites for hydroxylation is 1. The topological polar surface area (TPSA) is 43.6 Å². The van der Waals surface area contributed by atoms with Crippen molar-refractivity contribution in [3.8, 4) is 11.5 Å². The lowest BCUT2D eigenvalue weighted by Crippen LogP contribution is -2.36. The molecule has 0 fully saturated rings. The Labute approximate surface area is 138 Å². The number of furan rings is 1. The van der Waals surface area contributed by atoms with E-state index in [-0.39, 0.29) is 0 Å². The molecular formula is C19H27NO3. The van der Waals surface area contributed by atoms with E-state index in [1.54, 1.807) is 20.5 Å². The highest BCUT2D eigenvalue weighted by Crippen LogP contribution is 2.28. The summed E-state index contributed by atoms with van der Waals surface area (Å²) in [5, 5.41) is 3.64. The SMILES string of the molecule is COc1ccc(CC(C)NC(C)CCc2ccco2)cc1OC. The molecule has 2 atom stereocenters. The van der Waals surface area contributed by atoms with Gasteiger partial charge in [-0.3, -0.25) is 0 Å². The smallest absolute Gasteiger partial charge is 0.160 e. The molecule has 2 aromatic rings. The molecule has 126 valence electrons. The summed E-state index contributed by atoms with van der Waals surface area (Å²) in [6, 6.07) is 10.9. The van der Waals surface area contributed by atoms with Crippen molar-refractivity contribution in [3.05, 3.63) is 47.9 Å². The van der Waals surface area contributed by atoms with Crippen molar-refractivity contribution in [2.75, 3.05) is 14.2 Å². The number of rotatable bonds is 9. The van der Waals surface area contributed by atoms with Crippen LogP contribution in [0.15, 0.2) is 41.0 Å². The maximum atomic E-state index is 5.38. The highest BCUT2D eigenvalue weighted by atomic mass is 16.5. The summed E-state index contributed by atoms with van der Waals surface area (Å²) in [4.78, 5) is 0. The van der Waals surface area contributed by atoms with E-state index in [4.69, 9.17) is 13.9 Å². The second-order valence-electron chi connectivity index (χ2n) is 5.98. The van der Waals surface area contributed by atoms with Crippen molar-refractivity contribution in [1.82, 2.24) is 5.32 Å². The van der Waals surface area contributed by atoms with E-state index in [2.05, 4.69) is 25.2 Å². The first-order chi connectivity index (χ1) is 11.1. The Morgan fingerprint density at radius 3 is 2.48 bits per heavy atom. The van der Waals surface area contributed by atoms with Crippen LogP contribution < -0.4 is 14.8 Å². The van der Waals surface area contributed by atoms with E-state index in [0.29, 0.717) is 12.1 Å². The van der Waals surface area contributed by atoms with E-state index in [9.17, 15) is 0 Å². The van der Waals surface area contributed by atoms with E-state index in [1.807, 2.05) is 24.3 Å². The van der Waals surface area contributed by atoms with Crippen LogP contribution in [0.25, 0.3) is 0 Å². The van der Waals surface area contributed by atoms with Gasteiger partial charge in [-0.2, -0.15) is 0 Å². The zero-order valence-electron chi connectivity index (χ0n) is 14.5. The first kappa shape index (κ1) is 17.4. The van der Waals surface area contributed by atoms with Crippen molar-refractivity contribution < 1.29 is 13.9 Å². The van der Waals surface area contributed by atoms with Crippen molar-refractivity contribution in [1.29, 1.82) is 0 Å². The lowest BCUT2D eigenvalue weighted by atomic mass is 10.0. The van der Waals surface area contributed by atoms with Crippen LogP contribution in [0.4, 0.5) is 0 Å². The van der Waals surface area contributed by atoms with Crippen LogP contribution in [-0.2, 0) is 12.8 Å². The Hall–Kier alpha value is -1.94. The second kappa shape index (κ2) is 8.63. The highest BCUT2D eigenvalue weighted by molar-refractivity contribution is 5.43. The maximum absolute atomic E-state index is 5.38. The van der Waals surface area contributed by atoms with E-state index in [0.717, 1.165) is 36.5 Å². The van der Waals surface area contributed by atoms with Gasteiger partial charge in [-0.05, 0) is 56.5 Å². The van der Waals surface area contributed by atoms with Crippen molar-refractivity contribution >= 4 is 0 Å². The minimum absolute atomic E-state index is 0.389. The summed E-state index contributed by atoms with van der Waals surface area (Å²) in [5.74, 6) is 2.60. The molecule has 0 aliphatic carbocycles. The highest BCUT2D eigenvalue weighted by Gasteiger charge is 2.11. The van der Waals surface area contributed by atoms with Crippen molar-refractivity contribution in [2.24, 2.45) is 0 Å². The molecule has 0 bridgehead atoms. The molecule has 0 radical (unpaired) electrons. The number of hydrogen-bond donors (Lipinski definition) is 1. The number of nitrogens with one attached hydrogen (secondary N) is 1. The molecule has 1 aromatic carbocycles. The summed E-state index contributed by atoms with van der Waals surface area (Å²) < 4.78 is 16.0. The van der Waals surface area contributed by atoms with Gasteiger partial charge >= 0.3 is 0 Å². The molecule has 4 nitrogen and oxygen atoms in total. The van der Waals surface area contributed by atoms with Crippen molar-refractivity contribution in [3.63, 3.8) is 0 Å². The van der Waals surface area contributed by atoms with E-state index < -0.39 is 0 Å². The van der Waals surface area contributed by atoms with Crippen LogP contribution in [0.2, 0.25) is 0 Å². The fourth-order valence-electron chi connectivity index (χ4n) is 2.80. The predicted molar refractivity (Wildman–Crippen MR) is 92.3 cm³/mol. The van der Waals surface area contributed by atoms with Crippen LogP contribution in [0.5, 0.6) is 11.5 Å². The third-order valence-corrected chi connectivity index (χ3v) is 3.96.